The second-order valence-corrected chi connectivity index (χ2v) is 7.45. The highest BCUT2D eigenvalue weighted by Gasteiger charge is 2.25. The van der Waals surface area contributed by atoms with Crippen LogP contribution in [0.2, 0.25) is 0 Å². The topological polar surface area (TPSA) is 115 Å². The molecule has 1 aliphatic carbocycles. The zero-order chi connectivity index (χ0) is 18.8. The summed E-state index contributed by atoms with van der Waals surface area (Å²) < 4.78 is 0. The van der Waals surface area contributed by atoms with E-state index in [1.807, 2.05) is 0 Å². The standard InChI is InChI=1S/C18H19N3O4S/c1-10-7-8-11(9-13(10)21(24)25)17(23)20-18-15(16(19)22)12-5-3-2-4-6-14(12)26-18/h7-9H,2-6H2,1H3,(H2,19,22)(H,20,23). The first-order valence-corrected chi connectivity index (χ1v) is 9.21. The van der Waals surface area contributed by atoms with E-state index in [-0.39, 0.29) is 11.3 Å². The third kappa shape index (κ3) is 3.45. The predicted octanol–water partition coefficient (Wildman–Crippen LogP) is 3.58. The number of nitro benzene ring substituents is 1. The molecule has 2 amide bonds. The van der Waals surface area contributed by atoms with Gasteiger partial charge in [0.15, 0.2) is 0 Å². The van der Waals surface area contributed by atoms with Crippen LogP contribution in [0.4, 0.5) is 10.7 Å². The summed E-state index contributed by atoms with van der Waals surface area (Å²) in [5, 5.41) is 14.2. The van der Waals surface area contributed by atoms with E-state index < -0.39 is 16.7 Å². The van der Waals surface area contributed by atoms with Crippen molar-refractivity contribution in [2.24, 2.45) is 5.73 Å². The summed E-state index contributed by atoms with van der Waals surface area (Å²) in [6, 6.07) is 4.30. The molecule has 7 nitrogen and oxygen atoms in total. The van der Waals surface area contributed by atoms with E-state index in [1.165, 1.54) is 29.5 Å². The monoisotopic (exact) mass is 373 g/mol. The number of fused-ring (bicyclic) bond motifs is 1. The molecule has 0 atom stereocenters. The Labute approximate surface area is 154 Å². The highest BCUT2D eigenvalue weighted by Crippen LogP contribution is 2.37. The number of primary amides is 1. The molecule has 0 radical (unpaired) electrons. The summed E-state index contributed by atoms with van der Waals surface area (Å²) >= 11 is 1.37. The first-order valence-electron chi connectivity index (χ1n) is 8.39. The molecule has 3 N–H and O–H groups in total. The minimum atomic E-state index is -0.561. The molecule has 0 fully saturated rings. The Bertz CT molecular complexity index is 904. The van der Waals surface area contributed by atoms with Crippen LogP contribution in [-0.2, 0) is 12.8 Å². The molecule has 0 bridgehead atoms. The van der Waals surface area contributed by atoms with Crippen molar-refractivity contribution in [2.45, 2.75) is 39.0 Å². The lowest BCUT2D eigenvalue weighted by Gasteiger charge is -2.07. The Morgan fingerprint density at radius 2 is 1.96 bits per heavy atom. The van der Waals surface area contributed by atoms with Crippen molar-refractivity contribution in [3.63, 3.8) is 0 Å². The fraction of sp³-hybridized carbons (Fsp3) is 0.333. The van der Waals surface area contributed by atoms with E-state index >= 15 is 0 Å². The average Bonchev–Trinajstić information content (AvgIpc) is 2.76. The lowest BCUT2D eigenvalue weighted by molar-refractivity contribution is -0.385. The van der Waals surface area contributed by atoms with Crippen molar-refractivity contribution in [3.05, 3.63) is 55.4 Å². The summed E-state index contributed by atoms with van der Waals surface area (Å²) in [5.41, 5.74) is 7.40. The third-order valence-electron chi connectivity index (χ3n) is 4.56. The molecule has 3 rings (SSSR count). The highest BCUT2D eigenvalue weighted by molar-refractivity contribution is 7.17. The largest absolute Gasteiger partial charge is 0.365 e. The smallest absolute Gasteiger partial charge is 0.273 e. The van der Waals surface area contributed by atoms with E-state index in [0.717, 1.165) is 42.5 Å². The summed E-state index contributed by atoms with van der Waals surface area (Å²) in [4.78, 5) is 36.2. The number of amides is 2. The van der Waals surface area contributed by atoms with Gasteiger partial charge in [0, 0.05) is 22.1 Å². The van der Waals surface area contributed by atoms with Crippen LogP contribution in [0.15, 0.2) is 18.2 Å². The quantitative estimate of drug-likeness (QED) is 0.484. The number of hydrogen-bond donors (Lipinski definition) is 2. The average molecular weight is 373 g/mol. The normalized spacial score (nSPS) is 13.6. The zero-order valence-electron chi connectivity index (χ0n) is 14.3. The number of benzene rings is 1. The number of nitrogens with two attached hydrogens (primary N) is 1. The lowest BCUT2D eigenvalue weighted by atomic mass is 10.0. The molecule has 1 heterocycles. The lowest BCUT2D eigenvalue weighted by Crippen LogP contribution is -2.18. The Balaban J connectivity index is 1.94. The van der Waals surface area contributed by atoms with E-state index in [0.29, 0.717) is 16.1 Å². The molecule has 1 aliphatic rings. The van der Waals surface area contributed by atoms with Crippen molar-refractivity contribution in [3.8, 4) is 0 Å². The van der Waals surface area contributed by atoms with Gasteiger partial charge in [-0.2, -0.15) is 0 Å². The van der Waals surface area contributed by atoms with Gasteiger partial charge in [-0.15, -0.1) is 11.3 Å². The third-order valence-corrected chi connectivity index (χ3v) is 5.77. The number of hydrogen-bond acceptors (Lipinski definition) is 5. The van der Waals surface area contributed by atoms with Crippen molar-refractivity contribution in [1.29, 1.82) is 0 Å². The zero-order valence-corrected chi connectivity index (χ0v) is 15.1. The maximum absolute atomic E-state index is 12.6. The fourth-order valence-electron chi connectivity index (χ4n) is 3.21. The Morgan fingerprint density at radius 3 is 2.65 bits per heavy atom. The number of carbonyl (C=O) groups excluding carboxylic acids is 2. The molecule has 136 valence electrons. The Morgan fingerprint density at radius 1 is 1.23 bits per heavy atom. The summed E-state index contributed by atoms with van der Waals surface area (Å²) in [6.07, 6.45) is 4.78. The van der Waals surface area contributed by atoms with Crippen molar-refractivity contribution >= 4 is 33.8 Å². The molecule has 0 saturated carbocycles. The van der Waals surface area contributed by atoms with Gasteiger partial charge in [-0.1, -0.05) is 12.5 Å². The number of nitrogens with zero attached hydrogens (tertiary/aromatic N) is 1. The maximum atomic E-state index is 12.6. The number of nitrogens with one attached hydrogen (secondary N) is 1. The molecule has 0 unspecified atom stereocenters. The molecule has 0 saturated heterocycles. The molecule has 1 aromatic carbocycles. The van der Waals surface area contributed by atoms with E-state index in [4.69, 9.17) is 5.73 Å². The molecule has 0 aliphatic heterocycles. The van der Waals surface area contributed by atoms with Gasteiger partial charge in [0.2, 0.25) is 0 Å². The second-order valence-electron chi connectivity index (χ2n) is 6.35. The van der Waals surface area contributed by atoms with E-state index in [1.54, 1.807) is 6.92 Å². The number of carbonyl (C=O) groups is 2. The minimum Gasteiger partial charge on any atom is -0.365 e. The first-order chi connectivity index (χ1) is 12.4. The van der Waals surface area contributed by atoms with Crippen LogP contribution < -0.4 is 11.1 Å². The Hall–Kier alpha value is -2.74. The van der Waals surface area contributed by atoms with Gasteiger partial charge in [0.25, 0.3) is 17.5 Å². The van der Waals surface area contributed by atoms with Crippen LogP contribution in [-0.4, -0.2) is 16.7 Å². The SMILES string of the molecule is Cc1ccc(C(=O)Nc2sc3c(c2C(N)=O)CCCCC3)cc1[N+](=O)[O-]. The maximum Gasteiger partial charge on any atom is 0.273 e. The predicted molar refractivity (Wildman–Crippen MR) is 99.9 cm³/mol. The van der Waals surface area contributed by atoms with Gasteiger partial charge in [-0.05, 0) is 44.2 Å². The van der Waals surface area contributed by atoms with Crippen LogP contribution in [0.3, 0.4) is 0 Å². The van der Waals surface area contributed by atoms with Crippen LogP contribution in [0.25, 0.3) is 0 Å². The molecule has 0 spiro atoms. The molecule has 26 heavy (non-hydrogen) atoms. The van der Waals surface area contributed by atoms with Crippen LogP contribution in [0, 0.1) is 17.0 Å². The molecule has 2 aromatic rings. The summed E-state index contributed by atoms with van der Waals surface area (Å²) in [6.45, 7) is 1.61. The van der Waals surface area contributed by atoms with Crippen LogP contribution in [0.5, 0.6) is 0 Å². The van der Waals surface area contributed by atoms with Gasteiger partial charge in [0.05, 0.1) is 10.5 Å². The molecular formula is C18H19N3O4S. The van der Waals surface area contributed by atoms with Gasteiger partial charge >= 0.3 is 0 Å². The van der Waals surface area contributed by atoms with Gasteiger partial charge in [0.1, 0.15) is 5.00 Å². The number of anilines is 1. The van der Waals surface area contributed by atoms with E-state index in [9.17, 15) is 19.7 Å². The summed E-state index contributed by atoms with van der Waals surface area (Å²) in [5.74, 6) is -1.05. The highest BCUT2D eigenvalue weighted by atomic mass is 32.1. The van der Waals surface area contributed by atoms with Crippen molar-refractivity contribution in [2.75, 3.05) is 5.32 Å². The van der Waals surface area contributed by atoms with Crippen molar-refractivity contribution < 1.29 is 14.5 Å². The van der Waals surface area contributed by atoms with Crippen molar-refractivity contribution in [1.82, 2.24) is 0 Å². The number of nitro groups is 1. The summed E-state index contributed by atoms with van der Waals surface area (Å²) in [7, 11) is 0. The number of thiophene rings is 1. The number of aryl methyl sites for hydroxylation is 2. The van der Waals surface area contributed by atoms with Crippen LogP contribution >= 0.6 is 11.3 Å². The van der Waals surface area contributed by atoms with E-state index in [2.05, 4.69) is 5.32 Å². The first kappa shape index (κ1) is 18.1. The molecular weight excluding hydrogens is 354 g/mol. The van der Waals surface area contributed by atoms with Crippen LogP contribution in [0.1, 0.15) is 56.0 Å². The van der Waals surface area contributed by atoms with Gasteiger partial charge in [-0.25, -0.2) is 0 Å². The number of rotatable bonds is 4. The minimum absolute atomic E-state index is 0.116. The fourth-order valence-corrected chi connectivity index (χ4v) is 4.50. The van der Waals surface area contributed by atoms with Gasteiger partial charge in [-0.3, -0.25) is 19.7 Å². The molecule has 1 aromatic heterocycles. The second kappa shape index (κ2) is 7.25. The van der Waals surface area contributed by atoms with Gasteiger partial charge < -0.3 is 11.1 Å². The Kier molecular flexibility index (Phi) is 5.03. The molecule has 8 heteroatoms.